The molecule has 0 aliphatic carbocycles. The molecule has 2 N–H and O–H groups in total. The van der Waals surface area contributed by atoms with Gasteiger partial charge < -0.3 is 5.73 Å². The van der Waals surface area contributed by atoms with Crippen molar-refractivity contribution >= 4 is 0 Å². The highest BCUT2D eigenvalue weighted by atomic mass is 14.6. The Labute approximate surface area is 86.5 Å². The average molecular weight is 192 g/mol. The molecule has 0 radical (unpaired) electrons. The van der Waals surface area contributed by atoms with Gasteiger partial charge in [0, 0.05) is 12.4 Å². The van der Waals surface area contributed by atoms with Crippen molar-refractivity contribution in [3.63, 3.8) is 0 Å². The lowest BCUT2D eigenvalue weighted by atomic mass is 9.82. The normalized spacial score (nSPS) is 14.0. The number of rotatable bonds is 3. The molecule has 1 atom stereocenters. The summed E-state index contributed by atoms with van der Waals surface area (Å²) < 4.78 is 0. The second kappa shape index (κ2) is 4.56. The van der Waals surface area contributed by atoms with E-state index in [0.717, 1.165) is 6.42 Å². The number of hydrogen-bond acceptors (Lipinski definition) is 2. The van der Waals surface area contributed by atoms with Crippen LogP contribution in [-0.4, -0.2) is 11.5 Å². The minimum absolute atomic E-state index is 0.319. The summed E-state index contributed by atoms with van der Waals surface area (Å²) >= 11 is 0. The second-order valence-corrected chi connectivity index (χ2v) is 4.98. The first-order valence-corrected chi connectivity index (χ1v) is 5.13. The largest absolute Gasteiger partial charge is 0.330 e. The van der Waals surface area contributed by atoms with Crippen LogP contribution in [0.15, 0.2) is 24.5 Å². The van der Waals surface area contributed by atoms with Crippen molar-refractivity contribution < 1.29 is 0 Å². The molecule has 1 unspecified atom stereocenters. The molecule has 1 aromatic heterocycles. The van der Waals surface area contributed by atoms with Gasteiger partial charge in [0.05, 0.1) is 0 Å². The molecular weight excluding hydrogens is 172 g/mol. The molecule has 0 amide bonds. The van der Waals surface area contributed by atoms with Crippen LogP contribution in [0.2, 0.25) is 0 Å². The number of hydrogen-bond donors (Lipinski definition) is 1. The highest BCUT2D eigenvalue weighted by Crippen LogP contribution is 2.29. The fourth-order valence-corrected chi connectivity index (χ4v) is 1.69. The molecule has 2 heteroatoms. The monoisotopic (exact) mass is 192 g/mol. The second-order valence-electron chi connectivity index (χ2n) is 4.98. The minimum atomic E-state index is 0.319. The lowest BCUT2D eigenvalue weighted by molar-refractivity contribution is 0.341. The Morgan fingerprint density at radius 2 is 2.14 bits per heavy atom. The van der Waals surface area contributed by atoms with Gasteiger partial charge in [0.1, 0.15) is 0 Å². The van der Waals surface area contributed by atoms with Crippen LogP contribution in [0.25, 0.3) is 0 Å². The maximum Gasteiger partial charge on any atom is 0.0303 e. The first kappa shape index (κ1) is 11.2. The number of pyridine rings is 1. The number of nitrogens with two attached hydrogens (primary N) is 1. The Morgan fingerprint density at radius 3 is 2.57 bits per heavy atom. The van der Waals surface area contributed by atoms with Gasteiger partial charge in [0.15, 0.2) is 0 Å². The van der Waals surface area contributed by atoms with Gasteiger partial charge in [-0.3, -0.25) is 4.98 Å². The van der Waals surface area contributed by atoms with Crippen LogP contribution >= 0.6 is 0 Å². The van der Waals surface area contributed by atoms with E-state index in [0.29, 0.717) is 17.9 Å². The molecular formula is C12H20N2. The topological polar surface area (TPSA) is 38.9 Å². The van der Waals surface area contributed by atoms with E-state index in [1.807, 2.05) is 12.3 Å². The van der Waals surface area contributed by atoms with Crippen molar-refractivity contribution in [1.29, 1.82) is 0 Å². The molecule has 0 aliphatic rings. The fraction of sp³-hybridized carbons (Fsp3) is 0.583. The summed E-state index contributed by atoms with van der Waals surface area (Å²) in [5.74, 6) is 0.434. The van der Waals surface area contributed by atoms with Crippen LogP contribution in [0, 0.1) is 5.41 Å². The maximum absolute atomic E-state index is 5.78. The third kappa shape index (κ3) is 3.46. The van der Waals surface area contributed by atoms with Gasteiger partial charge in [-0.05, 0) is 35.9 Å². The van der Waals surface area contributed by atoms with Crippen LogP contribution in [0.3, 0.4) is 0 Å². The highest BCUT2D eigenvalue weighted by molar-refractivity contribution is 5.15. The smallest absolute Gasteiger partial charge is 0.0303 e. The third-order valence-electron chi connectivity index (χ3n) is 2.30. The molecule has 1 rings (SSSR count). The van der Waals surface area contributed by atoms with E-state index in [1.165, 1.54) is 5.56 Å². The van der Waals surface area contributed by atoms with Gasteiger partial charge >= 0.3 is 0 Å². The van der Waals surface area contributed by atoms with E-state index in [2.05, 4.69) is 31.8 Å². The summed E-state index contributed by atoms with van der Waals surface area (Å²) in [5, 5.41) is 0. The van der Waals surface area contributed by atoms with Crippen LogP contribution in [-0.2, 0) is 0 Å². The van der Waals surface area contributed by atoms with Crippen molar-refractivity contribution in [3.8, 4) is 0 Å². The van der Waals surface area contributed by atoms with Crippen molar-refractivity contribution in [2.75, 3.05) is 6.54 Å². The molecule has 0 aliphatic heterocycles. The van der Waals surface area contributed by atoms with Gasteiger partial charge in [-0.2, -0.15) is 0 Å². The van der Waals surface area contributed by atoms with E-state index >= 15 is 0 Å². The summed E-state index contributed by atoms with van der Waals surface area (Å²) in [6, 6.07) is 4.08. The third-order valence-corrected chi connectivity index (χ3v) is 2.30. The summed E-state index contributed by atoms with van der Waals surface area (Å²) in [6.07, 6.45) is 4.83. The molecule has 1 heterocycles. The van der Waals surface area contributed by atoms with E-state index in [1.54, 1.807) is 6.20 Å². The predicted octanol–water partition coefficient (Wildman–Crippen LogP) is 2.56. The van der Waals surface area contributed by atoms with Gasteiger partial charge in [-0.25, -0.2) is 0 Å². The molecule has 0 spiro atoms. The van der Waals surface area contributed by atoms with Gasteiger partial charge in [0.2, 0.25) is 0 Å². The lowest BCUT2D eigenvalue weighted by Gasteiger charge is -2.25. The SMILES string of the molecule is CC(C)(C)CC(CN)c1cccnc1. The zero-order chi connectivity index (χ0) is 10.6. The van der Waals surface area contributed by atoms with Crippen molar-refractivity contribution in [2.45, 2.75) is 33.1 Å². The minimum Gasteiger partial charge on any atom is -0.330 e. The molecule has 0 saturated carbocycles. The van der Waals surface area contributed by atoms with Gasteiger partial charge in [-0.1, -0.05) is 26.8 Å². The van der Waals surface area contributed by atoms with Crippen LogP contribution < -0.4 is 5.73 Å². The first-order chi connectivity index (χ1) is 6.53. The van der Waals surface area contributed by atoms with Crippen LogP contribution in [0.4, 0.5) is 0 Å². The first-order valence-electron chi connectivity index (χ1n) is 5.13. The van der Waals surface area contributed by atoms with E-state index < -0.39 is 0 Å². The summed E-state index contributed by atoms with van der Waals surface area (Å²) in [4.78, 5) is 4.13. The number of nitrogens with zero attached hydrogens (tertiary/aromatic N) is 1. The molecule has 1 aromatic rings. The molecule has 78 valence electrons. The van der Waals surface area contributed by atoms with Crippen molar-refractivity contribution in [1.82, 2.24) is 4.98 Å². The molecule has 0 bridgehead atoms. The molecule has 14 heavy (non-hydrogen) atoms. The van der Waals surface area contributed by atoms with E-state index in [4.69, 9.17) is 5.73 Å². The summed E-state index contributed by atoms with van der Waals surface area (Å²) in [7, 11) is 0. The lowest BCUT2D eigenvalue weighted by Crippen LogP contribution is -2.19. The molecule has 0 saturated heterocycles. The maximum atomic E-state index is 5.78. The zero-order valence-corrected chi connectivity index (χ0v) is 9.33. The van der Waals surface area contributed by atoms with Gasteiger partial charge in [-0.15, -0.1) is 0 Å². The molecule has 2 nitrogen and oxygen atoms in total. The zero-order valence-electron chi connectivity index (χ0n) is 9.33. The van der Waals surface area contributed by atoms with Gasteiger partial charge in [0.25, 0.3) is 0 Å². The van der Waals surface area contributed by atoms with Crippen molar-refractivity contribution in [3.05, 3.63) is 30.1 Å². The standard InChI is InChI=1S/C12H20N2/c1-12(2,3)7-11(8-13)10-5-4-6-14-9-10/h4-6,9,11H,7-8,13H2,1-3H3. The summed E-state index contributed by atoms with van der Waals surface area (Å²) in [6.45, 7) is 7.42. The van der Waals surface area contributed by atoms with Crippen LogP contribution in [0.1, 0.15) is 38.7 Å². The molecule has 0 fully saturated rings. The Balaban J connectivity index is 2.73. The number of aromatic nitrogens is 1. The highest BCUT2D eigenvalue weighted by Gasteiger charge is 2.18. The van der Waals surface area contributed by atoms with E-state index in [9.17, 15) is 0 Å². The van der Waals surface area contributed by atoms with Crippen LogP contribution in [0.5, 0.6) is 0 Å². The predicted molar refractivity (Wildman–Crippen MR) is 60.1 cm³/mol. The Morgan fingerprint density at radius 1 is 1.43 bits per heavy atom. The fourth-order valence-electron chi connectivity index (χ4n) is 1.69. The van der Waals surface area contributed by atoms with E-state index in [-0.39, 0.29) is 0 Å². The summed E-state index contributed by atoms with van der Waals surface area (Å²) in [5.41, 5.74) is 7.36. The Hall–Kier alpha value is -0.890. The average Bonchev–Trinajstić information content (AvgIpc) is 2.14. The molecule has 0 aromatic carbocycles. The van der Waals surface area contributed by atoms with Crippen molar-refractivity contribution in [2.24, 2.45) is 11.1 Å². The Bertz CT molecular complexity index is 261. The Kier molecular flexibility index (Phi) is 3.64. The quantitative estimate of drug-likeness (QED) is 0.799.